The van der Waals surface area contributed by atoms with E-state index in [-0.39, 0.29) is 0 Å². The average Bonchev–Trinajstić information content (AvgIpc) is 1.97. The Morgan fingerprint density at radius 1 is 0.700 bits per heavy atom. The van der Waals surface area contributed by atoms with Crippen LogP contribution in [0.2, 0.25) is 0 Å². The van der Waals surface area contributed by atoms with Crippen molar-refractivity contribution in [2.24, 2.45) is 0 Å². The fraction of sp³-hybridized carbons (Fsp3) is 0.750. The quantitative estimate of drug-likeness (QED) is 0.547. The Bertz CT molecular complexity index is 47.2. The molecule has 0 aliphatic rings. The van der Waals surface area contributed by atoms with Crippen LogP contribution in [-0.2, 0) is 0 Å². The van der Waals surface area contributed by atoms with Crippen molar-refractivity contribution < 1.29 is 0 Å². The molecule has 0 spiro atoms. The van der Waals surface area contributed by atoms with Gasteiger partial charge in [0.25, 0.3) is 0 Å². The van der Waals surface area contributed by atoms with Crippen molar-refractivity contribution in [3.8, 4) is 0 Å². The lowest BCUT2D eigenvalue weighted by Crippen LogP contribution is -1.87. The minimum atomic E-state index is 1.06. The predicted molar refractivity (Wildman–Crippen MR) is 54.6 cm³/mol. The van der Waals surface area contributed by atoms with Crippen LogP contribution in [0.4, 0.5) is 0 Å². The van der Waals surface area contributed by atoms with Gasteiger partial charge in [-0.25, -0.2) is 0 Å². The van der Waals surface area contributed by atoms with E-state index < -0.39 is 0 Å². The van der Waals surface area contributed by atoms with Crippen molar-refractivity contribution in [2.45, 2.75) is 12.8 Å². The largest absolute Gasteiger partial charge is 0.161 e. The lowest BCUT2D eigenvalue weighted by molar-refractivity contribution is 1.23. The van der Waals surface area contributed by atoms with Crippen LogP contribution in [0.15, 0.2) is 0 Å². The first kappa shape index (κ1) is 10.7. The van der Waals surface area contributed by atoms with Crippen LogP contribution in [0, 0.1) is 13.8 Å². The molecular weight excluding hydrogens is 160 g/mol. The van der Waals surface area contributed by atoms with Gasteiger partial charge >= 0.3 is 0 Å². The van der Waals surface area contributed by atoms with E-state index in [9.17, 15) is 0 Å². The molecule has 0 heterocycles. The van der Waals surface area contributed by atoms with Crippen LogP contribution in [0.3, 0.4) is 0 Å². The second kappa shape index (κ2) is 9.70. The summed E-state index contributed by atoms with van der Waals surface area (Å²) in [5, 5.41) is 0. The third kappa shape index (κ3) is 8.70. The van der Waals surface area contributed by atoms with Crippen LogP contribution in [0.1, 0.15) is 12.8 Å². The second-order valence-electron chi connectivity index (χ2n) is 1.93. The molecule has 0 saturated heterocycles. The maximum Gasteiger partial charge on any atom is 0.00235 e. The first-order valence-corrected chi connectivity index (χ1v) is 5.96. The zero-order valence-corrected chi connectivity index (χ0v) is 8.11. The summed E-state index contributed by atoms with van der Waals surface area (Å²) < 4.78 is 0. The monoisotopic (exact) mass is 176 g/mol. The molecule has 0 atom stereocenters. The highest BCUT2D eigenvalue weighted by Gasteiger charge is 1.87. The minimum Gasteiger partial charge on any atom is -0.161 e. The molecule has 0 aromatic heterocycles. The molecule has 0 amide bonds. The molecule has 0 aliphatic carbocycles. The van der Waals surface area contributed by atoms with Gasteiger partial charge in [0.05, 0.1) is 0 Å². The van der Waals surface area contributed by atoms with Gasteiger partial charge in [-0.15, -0.1) is 0 Å². The van der Waals surface area contributed by atoms with Crippen LogP contribution in [0.5, 0.6) is 0 Å². The number of thioether (sulfide) groups is 2. The van der Waals surface area contributed by atoms with Crippen molar-refractivity contribution in [2.75, 3.05) is 23.0 Å². The lowest BCUT2D eigenvalue weighted by atomic mass is 10.6. The Morgan fingerprint density at radius 3 is 1.40 bits per heavy atom. The standard InChI is InChI=1S/C8H16S2/c1-3-5-9-7-8-10-6-4-2/h1-8H2. The molecule has 0 saturated carbocycles. The van der Waals surface area contributed by atoms with Gasteiger partial charge in [0, 0.05) is 11.5 Å². The summed E-state index contributed by atoms with van der Waals surface area (Å²) in [5.41, 5.74) is 0. The van der Waals surface area contributed by atoms with Crippen LogP contribution < -0.4 is 0 Å². The minimum absolute atomic E-state index is 1.06. The Morgan fingerprint density at radius 2 is 1.10 bits per heavy atom. The number of rotatable bonds is 7. The van der Waals surface area contributed by atoms with Gasteiger partial charge < -0.3 is 0 Å². The first-order valence-electron chi connectivity index (χ1n) is 3.65. The summed E-state index contributed by atoms with van der Waals surface area (Å²) >= 11 is 4.00. The summed E-state index contributed by atoms with van der Waals surface area (Å²) in [6.07, 6.45) is 2.12. The summed E-state index contributed by atoms with van der Waals surface area (Å²) in [4.78, 5) is 0. The van der Waals surface area contributed by atoms with Gasteiger partial charge in [-0.05, 0) is 24.3 Å². The molecule has 0 bridgehead atoms. The van der Waals surface area contributed by atoms with Crippen molar-refractivity contribution in [3.63, 3.8) is 0 Å². The van der Waals surface area contributed by atoms with Crippen LogP contribution in [0.25, 0.3) is 0 Å². The topological polar surface area (TPSA) is 0 Å². The Balaban J connectivity index is 2.65. The van der Waals surface area contributed by atoms with Gasteiger partial charge in [0.1, 0.15) is 0 Å². The zero-order valence-electron chi connectivity index (χ0n) is 6.47. The van der Waals surface area contributed by atoms with E-state index in [1.165, 1.54) is 23.0 Å². The van der Waals surface area contributed by atoms with E-state index in [1.54, 1.807) is 0 Å². The molecule has 0 rings (SSSR count). The average molecular weight is 176 g/mol. The molecule has 0 nitrogen and oxygen atoms in total. The third-order valence-electron chi connectivity index (χ3n) is 0.949. The molecule has 2 radical (unpaired) electrons. The van der Waals surface area contributed by atoms with Gasteiger partial charge in [0.2, 0.25) is 0 Å². The fourth-order valence-electron chi connectivity index (χ4n) is 0.526. The van der Waals surface area contributed by atoms with Gasteiger partial charge in [-0.3, -0.25) is 0 Å². The highest BCUT2D eigenvalue weighted by atomic mass is 32.2. The molecular formula is C8H16S2. The summed E-state index contributed by atoms with van der Waals surface area (Å²) in [6, 6.07) is 0. The molecule has 2 heteroatoms. The van der Waals surface area contributed by atoms with E-state index in [4.69, 9.17) is 0 Å². The van der Waals surface area contributed by atoms with Crippen molar-refractivity contribution in [3.05, 3.63) is 13.8 Å². The Hall–Kier alpha value is 0.700. The number of hydrogen-bond acceptors (Lipinski definition) is 2. The predicted octanol–water partition coefficient (Wildman–Crippen LogP) is 2.90. The SMILES string of the molecule is [CH2]CCSCCSCC[CH2]. The maximum atomic E-state index is 3.78. The molecule has 0 unspecified atom stereocenters. The van der Waals surface area contributed by atoms with E-state index in [2.05, 4.69) is 13.8 Å². The summed E-state index contributed by atoms with van der Waals surface area (Å²) in [7, 11) is 0. The Kier molecular flexibility index (Phi) is 10.4. The highest BCUT2D eigenvalue weighted by Crippen LogP contribution is 2.08. The molecule has 0 N–H and O–H groups in total. The lowest BCUT2D eigenvalue weighted by Gasteiger charge is -1.98. The van der Waals surface area contributed by atoms with Gasteiger partial charge in [-0.1, -0.05) is 13.8 Å². The third-order valence-corrected chi connectivity index (χ3v) is 3.35. The second-order valence-corrected chi connectivity index (χ2v) is 4.38. The molecule has 0 aromatic rings. The first-order chi connectivity index (χ1) is 4.91. The van der Waals surface area contributed by atoms with Gasteiger partial charge in [0.15, 0.2) is 0 Å². The fourth-order valence-corrected chi connectivity index (χ4v) is 2.29. The highest BCUT2D eigenvalue weighted by molar-refractivity contribution is 8.02. The van der Waals surface area contributed by atoms with E-state index in [0.29, 0.717) is 0 Å². The van der Waals surface area contributed by atoms with Crippen LogP contribution >= 0.6 is 23.5 Å². The molecule has 10 heavy (non-hydrogen) atoms. The molecule has 0 fully saturated rings. The normalized spacial score (nSPS) is 10.2. The van der Waals surface area contributed by atoms with Crippen molar-refractivity contribution in [1.82, 2.24) is 0 Å². The maximum absolute atomic E-state index is 3.78. The van der Waals surface area contributed by atoms with Crippen molar-refractivity contribution >= 4 is 23.5 Å². The van der Waals surface area contributed by atoms with E-state index >= 15 is 0 Å². The zero-order chi connectivity index (χ0) is 7.66. The molecule has 0 aliphatic heterocycles. The van der Waals surface area contributed by atoms with Crippen molar-refractivity contribution in [1.29, 1.82) is 0 Å². The summed E-state index contributed by atoms with van der Waals surface area (Å²) in [6.45, 7) is 7.56. The number of hydrogen-bond donors (Lipinski definition) is 0. The smallest absolute Gasteiger partial charge is 0.00235 e. The van der Waals surface area contributed by atoms with Crippen LogP contribution in [-0.4, -0.2) is 23.0 Å². The van der Waals surface area contributed by atoms with E-state index in [1.807, 2.05) is 23.5 Å². The van der Waals surface area contributed by atoms with Gasteiger partial charge in [-0.2, -0.15) is 23.5 Å². The Labute approximate surface area is 73.5 Å². The molecule has 60 valence electrons. The molecule has 0 aromatic carbocycles. The summed E-state index contributed by atoms with van der Waals surface area (Å²) in [5.74, 6) is 4.98. The van der Waals surface area contributed by atoms with E-state index in [0.717, 1.165) is 12.8 Å².